The van der Waals surface area contributed by atoms with Gasteiger partial charge in [-0.2, -0.15) is 0 Å². The highest BCUT2D eigenvalue weighted by Gasteiger charge is 2.04. The van der Waals surface area contributed by atoms with E-state index in [4.69, 9.17) is 4.74 Å². The molecule has 0 saturated carbocycles. The Morgan fingerprint density at radius 3 is 2.70 bits per heavy atom. The Kier molecular flexibility index (Phi) is 3.64. The van der Waals surface area contributed by atoms with Crippen LogP contribution < -0.4 is 4.74 Å². The lowest BCUT2D eigenvalue weighted by atomic mass is 10.2. The van der Waals surface area contributed by atoms with Gasteiger partial charge in [0.1, 0.15) is 6.61 Å². The number of ether oxygens (including phenoxy) is 1. The van der Waals surface area contributed by atoms with Gasteiger partial charge >= 0.3 is 6.01 Å². The van der Waals surface area contributed by atoms with Crippen molar-refractivity contribution >= 4 is 11.3 Å². The Hall–Kier alpha value is -2.34. The summed E-state index contributed by atoms with van der Waals surface area (Å²) in [5, 5.41) is 1.94. The van der Waals surface area contributed by atoms with E-state index in [9.17, 15) is 0 Å². The lowest BCUT2D eigenvalue weighted by molar-refractivity contribution is 0.277. The standard InChI is InChI=1S/C14H12N4OS/c1-10-3-2-4-13(18-10)11-5-15-14(16-6-11)19-7-12-8-20-9-17-12/h2-6,8-9H,7H2,1H3. The fourth-order valence-electron chi connectivity index (χ4n) is 1.67. The predicted molar refractivity (Wildman–Crippen MR) is 76.4 cm³/mol. The number of hydrogen-bond donors (Lipinski definition) is 0. The van der Waals surface area contributed by atoms with E-state index in [0.717, 1.165) is 22.6 Å². The highest BCUT2D eigenvalue weighted by Crippen LogP contribution is 2.16. The number of pyridine rings is 1. The van der Waals surface area contributed by atoms with Crippen LogP contribution in [0.4, 0.5) is 0 Å². The van der Waals surface area contributed by atoms with E-state index >= 15 is 0 Å². The molecule has 0 aliphatic rings. The highest BCUT2D eigenvalue weighted by atomic mass is 32.1. The largest absolute Gasteiger partial charge is 0.457 e. The van der Waals surface area contributed by atoms with Crippen LogP contribution in [0.15, 0.2) is 41.5 Å². The SMILES string of the molecule is Cc1cccc(-c2cnc(OCc3cscn3)nc2)n1. The molecule has 0 bridgehead atoms. The first-order chi connectivity index (χ1) is 9.81. The maximum absolute atomic E-state index is 5.47. The van der Waals surface area contributed by atoms with E-state index in [1.54, 1.807) is 17.9 Å². The first-order valence-electron chi connectivity index (χ1n) is 6.07. The lowest BCUT2D eigenvalue weighted by Gasteiger charge is -2.04. The Bertz CT molecular complexity index is 683. The number of nitrogens with zero attached hydrogens (tertiary/aromatic N) is 4. The van der Waals surface area contributed by atoms with Crippen molar-refractivity contribution in [2.24, 2.45) is 0 Å². The van der Waals surface area contributed by atoms with Crippen LogP contribution in [0.25, 0.3) is 11.3 Å². The molecule has 3 heterocycles. The lowest BCUT2D eigenvalue weighted by Crippen LogP contribution is -1.99. The minimum Gasteiger partial charge on any atom is -0.457 e. The van der Waals surface area contributed by atoms with Gasteiger partial charge in [-0.3, -0.25) is 4.98 Å². The van der Waals surface area contributed by atoms with Crippen molar-refractivity contribution < 1.29 is 4.74 Å². The van der Waals surface area contributed by atoms with Gasteiger partial charge in [-0.1, -0.05) is 6.07 Å². The van der Waals surface area contributed by atoms with Gasteiger partial charge < -0.3 is 4.74 Å². The number of hydrogen-bond acceptors (Lipinski definition) is 6. The quantitative estimate of drug-likeness (QED) is 0.737. The van der Waals surface area contributed by atoms with Crippen LogP contribution in [0.5, 0.6) is 6.01 Å². The van der Waals surface area contributed by atoms with Crippen molar-refractivity contribution in [1.29, 1.82) is 0 Å². The van der Waals surface area contributed by atoms with Crippen LogP contribution >= 0.6 is 11.3 Å². The van der Waals surface area contributed by atoms with Gasteiger partial charge in [0, 0.05) is 29.0 Å². The summed E-state index contributed by atoms with van der Waals surface area (Å²) < 4.78 is 5.47. The zero-order valence-electron chi connectivity index (χ0n) is 10.9. The molecule has 0 fully saturated rings. The van der Waals surface area contributed by atoms with Crippen molar-refractivity contribution in [3.05, 3.63) is 52.9 Å². The van der Waals surface area contributed by atoms with Gasteiger partial charge in [0.2, 0.25) is 0 Å². The monoisotopic (exact) mass is 284 g/mol. The van der Waals surface area contributed by atoms with Gasteiger partial charge in [0.25, 0.3) is 0 Å². The Labute approximate surface area is 120 Å². The molecule has 0 atom stereocenters. The van der Waals surface area contributed by atoms with E-state index in [2.05, 4.69) is 19.9 Å². The van der Waals surface area contributed by atoms with Crippen LogP contribution in [0, 0.1) is 6.92 Å². The van der Waals surface area contributed by atoms with Crippen molar-refractivity contribution in [2.45, 2.75) is 13.5 Å². The van der Waals surface area contributed by atoms with Crippen LogP contribution in [0.1, 0.15) is 11.4 Å². The first kappa shape index (κ1) is 12.7. The Balaban J connectivity index is 1.71. The van der Waals surface area contributed by atoms with Gasteiger partial charge in [0.15, 0.2) is 0 Å². The smallest absolute Gasteiger partial charge is 0.316 e. The van der Waals surface area contributed by atoms with Crippen molar-refractivity contribution in [3.63, 3.8) is 0 Å². The summed E-state index contributed by atoms with van der Waals surface area (Å²) in [5.74, 6) is 0. The molecule has 0 N–H and O–H groups in total. The van der Waals surface area contributed by atoms with E-state index in [-0.39, 0.29) is 0 Å². The fraction of sp³-hybridized carbons (Fsp3) is 0.143. The molecular weight excluding hydrogens is 272 g/mol. The van der Waals surface area contributed by atoms with Gasteiger partial charge in [-0.05, 0) is 19.1 Å². The molecule has 0 aliphatic carbocycles. The molecular formula is C14H12N4OS. The van der Waals surface area contributed by atoms with E-state index in [0.29, 0.717) is 12.6 Å². The average molecular weight is 284 g/mol. The molecule has 0 spiro atoms. The maximum atomic E-state index is 5.47. The summed E-state index contributed by atoms with van der Waals surface area (Å²) in [4.78, 5) is 16.9. The number of thiazole rings is 1. The molecule has 0 aromatic carbocycles. The van der Waals surface area contributed by atoms with Crippen molar-refractivity contribution in [1.82, 2.24) is 19.9 Å². The van der Waals surface area contributed by atoms with Gasteiger partial charge in [0.05, 0.1) is 16.9 Å². The third kappa shape index (κ3) is 2.97. The summed E-state index contributed by atoms with van der Waals surface area (Å²) in [5.41, 5.74) is 5.34. The minimum absolute atomic E-state index is 0.342. The molecule has 0 aliphatic heterocycles. The maximum Gasteiger partial charge on any atom is 0.316 e. The summed E-state index contributed by atoms with van der Waals surface area (Å²) in [6.45, 7) is 2.33. The second kappa shape index (κ2) is 5.75. The molecule has 6 heteroatoms. The second-order valence-corrected chi connectivity index (χ2v) is 4.91. The van der Waals surface area contributed by atoms with Gasteiger partial charge in [-0.25, -0.2) is 15.0 Å². The van der Waals surface area contributed by atoms with E-state index in [1.165, 1.54) is 11.3 Å². The molecule has 0 unspecified atom stereocenters. The topological polar surface area (TPSA) is 60.8 Å². The molecule has 0 saturated heterocycles. The normalized spacial score (nSPS) is 10.4. The zero-order valence-corrected chi connectivity index (χ0v) is 11.7. The van der Waals surface area contributed by atoms with E-state index in [1.807, 2.05) is 30.5 Å². The van der Waals surface area contributed by atoms with Crippen LogP contribution in [-0.4, -0.2) is 19.9 Å². The predicted octanol–water partition coefficient (Wildman–Crippen LogP) is 2.88. The molecule has 5 nitrogen and oxygen atoms in total. The highest BCUT2D eigenvalue weighted by molar-refractivity contribution is 7.07. The third-order valence-corrected chi connectivity index (χ3v) is 3.28. The minimum atomic E-state index is 0.342. The molecule has 0 radical (unpaired) electrons. The molecule has 100 valence electrons. The third-order valence-electron chi connectivity index (χ3n) is 2.64. The number of aryl methyl sites for hydroxylation is 1. The first-order valence-corrected chi connectivity index (χ1v) is 7.01. The molecule has 0 amide bonds. The number of aromatic nitrogens is 4. The summed E-state index contributed by atoms with van der Waals surface area (Å²) in [6, 6.07) is 6.19. The number of rotatable bonds is 4. The molecule has 3 aromatic rings. The van der Waals surface area contributed by atoms with Crippen LogP contribution in [0.2, 0.25) is 0 Å². The van der Waals surface area contributed by atoms with Crippen molar-refractivity contribution in [3.8, 4) is 17.3 Å². The van der Waals surface area contributed by atoms with E-state index < -0.39 is 0 Å². The molecule has 3 rings (SSSR count). The van der Waals surface area contributed by atoms with Crippen LogP contribution in [-0.2, 0) is 6.61 Å². The van der Waals surface area contributed by atoms with Crippen LogP contribution in [0.3, 0.4) is 0 Å². The fourth-order valence-corrected chi connectivity index (χ4v) is 2.22. The van der Waals surface area contributed by atoms with Crippen molar-refractivity contribution in [2.75, 3.05) is 0 Å². The Morgan fingerprint density at radius 2 is 2.00 bits per heavy atom. The Morgan fingerprint density at radius 1 is 1.15 bits per heavy atom. The summed E-state index contributed by atoms with van der Waals surface area (Å²) in [7, 11) is 0. The molecule has 20 heavy (non-hydrogen) atoms. The summed E-state index contributed by atoms with van der Waals surface area (Å²) in [6.07, 6.45) is 3.43. The summed E-state index contributed by atoms with van der Waals surface area (Å²) >= 11 is 1.54. The average Bonchev–Trinajstić information content (AvgIpc) is 2.99. The second-order valence-electron chi connectivity index (χ2n) is 4.19. The van der Waals surface area contributed by atoms with Gasteiger partial charge in [-0.15, -0.1) is 11.3 Å². The molecule has 3 aromatic heterocycles. The zero-order chi connectivity index (χ0) is 13.8.